The van der Waals surface area contributed by atoms with Crippen LogP contribution < -0.4 is 27.0 Å². The summed E-state index contributed by atoms with van der Waals surface area (Å²) in [5.74, 6) is -0.245. The third kappa shape index (κ3) is 27.3. The van der Waals surface area contributed by atoms with Crippen molar-refractivity contribution in [3.63, 3.8) is 0 Å². The summed E-state index contributed by atoms with van der Waals surface area (Å²) in [5, 5.41) is 13.6. The zero-order valence-electron chi connectivity index (χ0n) is 20.0. The maximum absolute atomic E-state index is 10.6. The first kappa shape index (κ1) is 29.3. The van der Waals surface area contributed by atoms with Crippen molar-refractivity contribution in [2.24, 2.45) is 5.73 Å². The summed E-state index contributed by atoms with van der Waals surface area (Å²) in [4.78, 5) is 10.6. The summed E-state index contributed by atoms with van der Waals surface area (Å²) in [5.41, 5.74) is 5.08. The molecule has 0 atom stereocenters. The summed E-state index contributed by atoms with van der Waals surface area (Å²) in [7, 11) is 0. The highest BCUT2D eigenvalue weighted by molar-refractivity contribution is 5.73. The average Bonchev–Trinajstić information content (AvgIpc) is 2.73. The zero-order valence-corrected chi connectivity index (χ0v) is 20.0. The first-order valence-electron chi connectivity index (χ1n) is 12.9. The quantitative estimate of drug-likeness (QED) is 0.137. The van der Waals surface area contributed by atoms with Gasteiger partial charge in [0.1, 0.15) is 0 Å². The van der Waals surface area contributed by atoms with Crippen LogP contribution in [-0.4, -0.2) is 58.3 Å². The van der Waals surface area contributed by atoms with Gasteiger partial charge in [-0.15, -0.1) is 0 Å². The Bertz CT molecular complexity index is 342. The van der Waals surface area contributed by atoms with Gasteiger partial charge in [-0.25, -0.2) is 0 Å². The molecule has 0 saturated carbocycles. The molecule has 0 saturated heterocycles. The molecule has 0 aliphatic carbocycles. The summed E-state index contributed by atoms with van der Waals surface area (Å²) < 4.78 is 0. The first-order valence-corrected chi connectivity index (χ1v) is 12.9. The molecule has 0 spiro atoms. The lowest BCUT2D eigenvalue weighted by molar-refractivity contribution is -0.117. The van der Waals surface area contributed by atoms with Gasteiger partial charge in [-0.05, 0) is 32.5 Å². The van der Waals surface area contributed by atoms with Gasteiger partial charge in [0.2, 0.25) is 5.91 Å². The predicted molar refractivity (Wildman–Crippen MR) is 131 cm³/mol. The molecule has 0 bridgehead atoms. The molecule has 30 heavy (non-hydrogen) atoms. The molecule has 0 aromatic carbocycles. The Morgan fingerprint density at radius 1 is 0.500 bits per heavy atom. The molecule has 0 radical (unpaired) electrons. The van der Waals surface area contributed by atoms with Gasteiger partial charge in [-0.1, -0.05) is 77.6 Å². The van der Waals surface area contributed by atoms with Gasteiger partial charge >= 0.3 is 0 Å². The van der Waals surface area contributed by atoms with Crippen molar-refractivity contribution in [1.29, 1.82) is 0 Å². The van der Waals surface area contributed by atoms with Crippen LogP contribution in [0.3, 0.4) is 0 Å². The minimum Gasteiger partial charge on any atom is -0.370 e. The maximum Gasteiger partial charge on any atom is 0.218 e. The van der Waals surface area contributed by atoms with Crippen LogP contribution in [0, 0.1) is 0 Å². The molecular formula is C24H53N5O. The number of nitrogens with two attached hydrogens (primary N) is 1. The summed E-state index contributed by atoms with van der Waals surface area (Å²) >= 11 is 0. The highest BCUT2D eigenvalue weighted by atomic mass is 16.1. The van der Waals surface area contributed by atoms with Gasteiger partial charge in [-0.3, -0.25) is 4.79 Å². The van der Waals surface area contributed by atoms with Crippen LogP contribution in [0.4, 0.5) is 0 Å². The van der Waals surface area contributed by atoms with E-state index in [4.69, 9.17) is 5.73 Å². The molecule has 0 aliphatic heterocycles. The Kier molecular flexibility index (Phi) is 25.7. The number of primary amides is 1. The summed E-state index contributed by atoms with van der Waals surface area (Å²) in [6, 6.07) is 0. The average molecular weight is 428 g/mol. The van der Waals surface area contributed by atoms with E-state index in [0.717, 1.165) is 52.2 Å². The molecule has 0 fully saturated rings. The molecule has 0 aromatic rings. The Hall–Kier alpha value is -0.690. The maximum atomic E-state index is 10.6. The van der Waals surface area contributed by atoms with E-state index in [1.807, 2.05) is 0 Å². The second kappa shape index (κ2) is 26.3. The number of amides is 1. The molecule has 180 valence electrons. The number of hydrogen-bond acceptors (Lipinski definition) is 5. The molecule has 6 N–H and O–H groups in total. The molecule has 0 heterocycles. The first-order chi connectivity index (χ1) is 14.8. The Labute approximate surface area is 187 Å². The van der Waals surface area contributed by atoms with Crippen molar-refractivity contribution in [3.05, 3.63) is 0 Å². The van der Waals surface area contributed by atoms with E-state index in [1.165, 1.54) is 77.0 Å². The number of carbonyl (C=O) groups is 1. The van der Waals surface area contributed by atoms with Crippen LogP contribution >= 0.6 is 0 Å². The van der Waals surface area contributed by atoms with Crippen LogP contribution in [0.25, 0.3) is 0 Å². The lowest BCUT2D eigenvalue weighted by Crippen LogP contribution is -2.32. The molecule has 6 nitrogen and oxygen atoms in total. The molecule has 1 amide bonds. The molecule has 6 heteroatoms. The Morgan fingerprint density at radius 2 is 0.867 bits per heavy atom. The number of rotatable bonds is 26. The fourth-order valence-electron chi connectivity index (χ4n) is 3.49. The molecule has 0 aliphatic rings. The predicted octanol–water partition coefficient (Wildman–Crippen LogP) is 3.31. The van der Waals surface area contributed by atoms with E-state index < -0.39 is 0 Å². The lowest BCUT2D eigenvalue weighted by atomic mass is 10.1. The van der Waals surface area contributed by atoms with Crippen LogP contribution in [0.1, 0.15) is 96.8 Å². The lowest BCUT2D eigenvalue weighted by Gasteiger charge is -2.08. The highest BCUT2D eigenvalue weighted by Gasteiger charge is 1.95. The summed E-state index contributed by atoms with van der Waals surface area (Å²) in [6.45, 7) is 10.1. The Morgan fingerprint density at radius 3 is 1.30 bits per heavy atom. The Balaban J connectivity index is 2.99. The van der Waals surface area contributed by atoms with E-state index in [9.17, 15) is 4.79 Å². The van der Waals surface area contributed by atoms with Crippen LogP contribution in [-0.2, 0) is 4.79 Å². The van der Waals surface area contributed by atoms with E-state index >= 15 is 0 Å². The third-order valence-corrected chi connectivity index (χ3v) is 5.42. The second-order valence-electron chi connectivity index (χ2n) is 8.46. The van der Waals surface area contributed by atoms with Crippen molar-refractivity contribution in [2.45, 2.75) is 96.8 Å². The monoisotopic (exact) mass is 427 g/mol. The van der Waals surface area contributed by atoms with Crippen LogP contribution in [0.15, 0.2) is 0 Å². The van der Waals surface area contributed by atoms with Crippen molar-refractivity contribution in [2.75, 3.05) is 52.4 Å². The molecular weight excluding hydrogens is 374 g/mol. The largest absolute Gasteiger partial charge is 0.370 e. The van der Waals surface area contributed by atoms with E-state index in [0.29, 0.717) is 13.0 Å². The third-order valence-electron chi connectivity index (χ3n) is 5.42. The number of carbonyl (C=O) groups excluding carboxylic acids is 1. The second-order valence-corrected chi connectivity index (χ2v) is 8.46. The van der Waals surface area contributed by atoms with Crippen molar-refractivity contribution in [1.82, 2.24) is 21.3 Å². The van der Waals surface area contributed by atoms with Gasteiger partial charge in [-0.2, -0.15) is 0 Å². The number of unbranched alkanes of at least 4 members (excludes halogenated alkanes) is 11. The number of nitrogens with one attached hydrogen (secondary N) is 4. The van der Waals surface area contributed by atoms with Gasteiger partial charge in [0.25, 0.3) is 0 Å². The van der Waals surface area contributed by atoms with Gasteiger partial charge in [0, 0.05) is 39.1 Å². The number of hydrogen-bond donors (Lipinski definition) is 5. The van der Waals surface area contributed by atoms with E-state index in [1.54, 1.807) is 0 Å². The highest BCUT2D eigenvalue weighted by Crippen LogP contribution is 2.11. The van der Waals surface area contributed by atoms with Gasteiger partial charge in [0.15, 0.2) is 0 Å². The zero-order chi connectivity index (χ0) is 22.0. The van der Waals surface area contributed by atoms with Gasteiger partial charge < -0.3 is 27.0 Å². The van der Waals surface area contributed by atoms with E-state index in [2.05, 4.69) is 28.2 Å². The fraction of sp³-hybridized carbons (Fsp3) is 0.958. The topological polar surface area (TPSA) is 91.2 Å². The molecule has 0 rings (SSSR count). The van der Waals surface area contributed by atoms with Crippen LogP contribution in [0.2, 0.25) is 0 Å². The van der Waals surface area contributed by atoms with Crippen molar-refractivity contribution >= 4 is 5.91 Å². The van der Waals surface area contributed by atoms with Crippen molar-refractivity contribution < 1.29 is 4.79 Å². The fourth-order valence-corrected chi connectivity index (χ4v) is 3.49. The standard InChI is InChI=1S/C24H53N5O/c1-2-3-4-5-6-7-8-9-10-11-12-13-16-26-20-21-27-17-14-18-28-22-23-29-19-15-24(25)30/h26-29H,2-23H2,1H3,(H2,25,30). The SMILES string of the molecule is CCCCCCCCCCCCCCNCCNCCCNCCNCCC(N)=O. The molecule has 0 unspecified atom stereocenters. The minimum absolute atomic E-state index is 0.245. The smallest absolute Gasteiger partial charge is 0.218 e. The molecule has 0 aromatic heterocycles. The van der Waals surface area contributed by atoms with Crippen LogP contribution in [0.5, 0.6) is 0 Å². The summed E-state index contributed by atoms with van der Waals surface area (Å²) in [6.07, 6.45) is 18.5. The van der Waals surface area contributed by atoms with Gasteiger partial charge in [0.05, 0.1) is 0 Å². The van der Waals surface area contributed by atoms with Crippen molar-refractivity contribution in [3.8, 4) is 0 Å². The van der Waals surface area contributed by atoms with E-state index in [-0.39, 0.29) is 5.91 Å². The minimum atomic E-state index is -0.245. The normalized spacial score (nSPS) is 11.2.